The zero-order chi connectivity index (χ0) is 12.5. The highest BCUT2D eigenvalue weighted by Crippen LogP contribution is 2.18. The van der Waals surface area contributed by atoms with Gasteiger partial charge in [-0.25, -0.2) is 0 Å². The molecule has 4 heteroatoms. The van der Waals surface area contributed by atoms with Gasteiger partial charge >= 0.3 is 5.97 Å². The van der Waals surface area contributed by atoms with E-state index in [1.807, 2.05) is 0 Å². The number of nitrogens with one attached hydrogen (secondary N) is 1. The van der Waals surface area contributed by atoms with E-state index in [9.17, 15) is 4.79 Å². The molecule has 0 spiro atoms. The van der Waals surface area contributed by atoms with Crippen LogP contribution in [-0.2, 0) is 9.53 Å². The van der Waals surface area contributed by atoms with Crippen molar-refractivity contribution in [3.63, 3.8) is 0 Å². The van der Waals surface area contributed by atoms with Crippen LogP contribution < -0.4 is 5.32 Å². The lowest BCUT2D eigenvalue weighted by Crippen LogP contribution is -2.37. The highest BCUT2D eigenvalue weighted by Gasteiger charge is 2.19. The number of ether oxygens (including phenoxy) is 1. The number of hydrogen-bond acceptors (Lipinski definition) is 3. The van der Waals surface area contributed by atoms with Crippen molar-refractivity contribution in [1.82, 2.24) is 5.32 Å². The third-order valence-electron chi connectivity index (χ3n) is 3.51. The van der Waals surface area contributed by atoms with Crippen LogP contribution >= 0.6 is 0 Å². The van der Waals surface area contributed by atoms with Gasteiger partial charge in [-0.1, -0.05) is 6.42 Å². The molecule has 0 aromatic carbocycles. The van der Waals surface area contributed by atoms with Crippen LogP contribution in [0.15, 0.2) is 0 Å². The van der Waals surface area contributed by atoms with Crippen molar-refractivity contribution in [3.05, 3.63) is 0 Å². The zero-order valence-corrected chi connectivity index (χ0v) is 10.8. The minimum atomic E-state index is -0.687. The molecule has 1 aliphatic rings. The maximum absolute atomic E-state index is 10.3. The lowest BCUT2D eigenvalue weighted by Gasteiger charge is -2.28. The summed E-state index contributed by atoms with van der Waals surface area (Å²) >= 11 is 0. The maximum atomic E-state index is 10.3. The van der Waals surface area contributed by atoms with Crippen LogP contribution in [-0.4, -0.2) is 36.9 Å². The normalized spacial score (nSPS) is 19.1. The van der Waals surface area contributed by atoms with Crippen molar-refractivity contribution in [3.8, 4) is 0 Å². The molecule has 100 valence electrons. The Hall–Kier alpha value is -0.610. The predicted octanol–water partition coefficient (Wildman–Crippen LogP) is 2.04. The Kier molecular flexibility index (Phi) is 7.21. The first-order valence-electron chi connectivity index (χ1n) is 6.73. The Labute approximate surface area is 104 Å². The van der Waals surface area contributed by atoms with E-state index in [1.54, 1.807) is 0 Å². The summed E-state index contributed by atoms with van der Waals surface area (Å²) in [6.45, 7) is 5.04. The van der Waals surface area contributed by atoms with Crippen molar-refractivity contribution >= 4 is 5.97 Å². The average molecular weight is 243 g/mol. The van der Waals surface area contributed by atoms with Crippen LogP contribution in [0.25, 0.3) is 0 Å². The standard InChI is InChI=1S/C13H25NO3/c1-11(12-6-9-17-10-7-12)14-8-4-2-3-5-13(15)16/h11-12,14H,2-10H2,1H3,(H,15,16). The molecule has 1 saturated heterocycles. The van der Waals surface area contributed by atoms with Crippen molar-refractivity contribution in [2.24, 2.45) is 5.92 Å². The van der Waals surface area contributed by atoms with E-state index in [-0.39, 0.29) is 0 Å². The molecule has 1 aliphatic heterocycles. The summed E-state index contributed by atoms with van der Waals surface area (Å²) in [7, 11) is 0. The summed E-state index contributed by atoms with van der Waals surface area (Å²) in [5.41, 5.74) is 0. The molecule has 2 N–H and O–H groups in total. The fourth-order valence-corrected chi connectivity index (χ4v) is 2.29. The van der Waals surface area contributed by atoms with Gasteiger partial charge in [0, 0.05) is 25.7 Å². The Balaban J connectivity index is 1.96. The lowest BCUT2D eigenvalue weighted by molar-refractivity contribution is -0.137. The van der Waals surface area contributed by atoms with E-state index in [0.29, 0.717) is 12.5 Å². The third kappa shape index (κ3) is 6.64. The zero-order valence-electron chi connectivity index (χ0n) is 10.8. The molecular weight excluding hydrogens is 218 g/mol. The first-order chi connectivity index (χ1) is 8.20. The molecule has 0 radical (unpaired) electrons. The van der Waals surface area contributed by atoms with Crippen LogP contribution in [0.2, 0.25) is 0 Å². The third-order valence-corrected chi connectivity index (χ3v) is 3.51. The summed E-state index contributed by atoms with van der Waals surface area (Å²) in [4.78, 5) is 10.3. The first kappa shape index (κ1) is 14.5. The van der Waals surface area contributed by atoms with E-state index in [4.69, 9.17) is 9.84 Å². The lowest BCUT2D eigenvalue weighted by atomic mass is 9.93. The molecule has 0 aromatic heterocycles. The maximum Gasteiger partial charge on any atom is 0.303 e. The second kappa shape index (κ2) is 8.48. The largest absolute Gasteiger partial charge is 0.481 e. The minimum Gasteiger partial charge on any atom is -0.481 e. The van der Waals surface area contributed by atoms with Gasteiger partial charge in [0.15, 0.2) is 0 Å². The van der Waals surface area contributed by atoms with Gasteiger partial charge in [0.2, 0.25) is 0 Å². The van der Waals surface area contributed by atoms with E-state index in [0.717, 1.165) is 57.8 Å². The smallest absolute Gasteiger partial charge is 0.303 e. The van der Waals surface area contributed by atoms with Gasteiger partial charge in [-0.15, -0.1) is 0 Å². The molecule has 17 heavy (non-hydrogen) atoms. The van der Waals surface area contributed by atoms with E-state index < -0.39 is 5.97 Å². The fraction of sp³-hybridized carbons (Fsp3) is 0.923. The molecule has 1 fully saturated rings. The second-order valence-electron chi connectivity index (χ2n) is 4.90. The SMILES string of the molecule is CC(NCCCCCC(=O)O)C1CCOCC1. The van der Waals surface area contributed by atoms with Crippen LogP contribution in [0, 0.1) is 5.92 Å². The molecule has 0 saturated carbocycles. The number of carbonyl (C=O) groups is 1. The second-order valence-corrected chi connectivity index (χ2v) is 4.90. The number of rotatable bonds is 8. The van der Waals surface area contributed by atoms with Gasteiger partial charge in [-0.2, -0.15) is 0 Å². The van der Waals surface area contributed by atoms with Gasteiger partial charge in [0.1, 0.15) is 0 Å². The minimum absolute atomic E-state index is 0.301. The molecule has 0 aliphatic carbocycles. The summed E-state index contributed by atoms with van der Waals surface area (Å²) < 4.78 is 5.35. The van der Waals surface area contributed by atoms with Crippen LogP contribution in [0.4, 0.5) is 0 Å². The Morgan fingerprint density at radius 1 is 1.35 bits per heavy atom. The number of carboxylic acid groups (broad SMARTS) is 1. The van der Waals surface area contributed by atoms with Crippen LogP contribution in [0.1, 0.15) is 45.4 Å². The quantitative estimate of drug-likeness (QED) is 0.640. The van der Waals surface area contributed by atoms with Crippen molar-refractivity contribution in [1.29, 1.82) is 0 Å². The number of unbranched alkanes of at least 4 members (excludes halogenated alkanes) is 2. The van der Waals surface area contributed by atoms with Gasteiger partial charge in [0.25, 0.3) is 0 Å². The monoisotopic (exact) mass is 243 g/mol. The molecule has 1 unspecified atom stereocenters. The highest BCUT2D eigenvalue weighted by molar-refractivity contribution is 5.66. The Morgan fingerprint density at radius 3 is 2.71 bits per heavy atom. The molecule has 0 aromatic rings. The van der Waals surface area contributed by atoms with Crippen molar-refractivity contribution in [2.45, 2.75) is 51.5 Å². The Morgan fingerprint density at radius 2 is 2.06 bits per heavy atom. The summed E-state index contributed by atoms with van der Waals surface area (Å²) in [5.74, 6) is 0.0521. The van der Waals surface area contributed by atoms with E-state index in [2.05, 4.69) is 12.2 Å². The van der Waals surface area contributed by atoms with Crippen molar-refractivity contribution in [2.75, 3.05) is 19.8 Å². The molecule has 4 nitrogen and oxygen atoms in total. The van der Waals surface area contributed by atoms with Crippen molar-refractivity contribution < 1.29 is 14.6 Å². The molecule has 1 atom stereocenters. The fourth-order valence-electron chi connectivity index (χ4n) is 2.29. The summed E-state index contributed by atoms with van der Waals surface area (Å²) in [5, 5.41) is 12.0. The summed E-state index contributed by atoms with van der Waals surface area (Å²) in [6.07, 6.45) is 5.49. The summed E-state index contributed by atoms with van der Waals surface area (Å²) in [6, 6.07) is 0.554. The van der Waals surface area contributed by atoms with Gasteiger partial charge in [-0.3, -0.25) is 4.79 Å². The van der Waals surface area contributed by atoms with E-state index in [1.165, 1.54) is 0 Å². The number of carboxylic acids is 1. The molecular formula is C13H25NO3. The van der Waals surface area contributed by atoms with E-state index >= 15 is 0 Å². The number of hydrogen-bond donors (Lipinski definition) is 2. The number of aliphatic carboxylic acids is 1. The highest BCUT2D eigenvalue weighted by atomic mass is 16.5. The molecule has 0 bridgehead atoms. The van der Waals surface area contributed by atoms with Gasteiger partial charge in [-0.05, 0) is 45.1 Å². The van der Waals surface area contributed by atoms with Crippen LogP contribution in [0.3, 0.4) is 0 Å². The molecule has 0 amide bonds. The molecule has 1 rings (SSSR count). The van der Waals surface area contributed by atoms with Crippen LogP contribution in [0.5, 0.6) is 0 Å². The topological polar surface area (TPSA) is 58.6 Å². The predicted molar refractivity (Wildman–Crippen MR) is 67.1 cm³/mol. The van der Waals surface area contributed by atoms with Gasteiger partial charge < -0.3 is 15.2 Å². The Bertz CT molecular complexity index is 215. The molecule has 1 heterocycles. The first-order valence-corrected chi connectivity index (χ1v) is 6.73. The van der Waals surface area contributed by atoms with Gasteiger partial charge in [0.05, 0.1) is 0 Å². The average Bonchev–Trinajstić information content (AvgIpc) is 2.34.